The molecule has 0 radical (unpaired) electrons. The maximum absolute atomic E-state index is 13.5. The molecule has 2 aliphatic heterocycles. The minimum Gasteiger partial charge on any atom is -0.355 e. The molecule has 1 unspecified atom stereocenters. The van der Waals surface area contributed by atoms with E-state index >= 15 is 0 Å². The standard InChI is InChI=1S/C27H30F4N2O/c28-21-11-7-19(8-12-21)23-17-32-25(34)26(23)13-15-33(16-14-26)24-4-2-1-3-22(24)18-5-9-20(10-6-18)27(29,30)31/h5-12,22-24H,1-4,13-17H2,(H,32,34)/t22-,23?,24-/m1/s1. The number of alkyl halides is 3. The van der Waals surface area contributed by atoms with E-state index in [1.807, 2.05) is 0 Å². The average Bonchev–Trinajstić information content (AvgIpc) is 3.15. The maximum atomic E-state index is 13.5. The van der Waals surface area contributed by atoms with Gasteiger partial charge in [0.2, 0.25) is 5.91 Å². The Morgan fingerprint density at radius 2 is 1.50 bits per heavy atom. The lowest BCUT2D eigenvalue weighted by atomic mass is 9.67. The van der Waals surface area contributed by atoms with Crippen LogP contribution in [0.25, 0.3) is 0 Å². The fourth-order valence-corrected chi connectivity index (χ4v) is 6.54. The van der Waals surface area contributed by atoms with Crippen molar-refractivity contribution in [1.82, 2.24) is 10.2 Å². The summed E-state index contributed by atoms with van der Waals surface area (Å²) >= 11 is 0. The first-order valence-electron chi connectivity index (χ1n) is 12.2. The molecule has 0 bridgehead atoms. The van der Waals surface area contributed by atoms with Crippen LogP contribution in [-0.4, -0.2) is 36.5 Å². The summed E-state index contributed by atoms with van der Waals surface area (Å²) in [6, 6.07) is 12.4. The Labute approximate surface area is 197 Å². The van der Waals surface area contributed by atoms with Crippen molar-refractivity contribution < 1.29 is 22.4 Å². The summed E-state index contributed by atoms with van der Waals surface area (Å²) in [4.78, 5) is 15.4. The number of benzene rings is 2. The van der Waals surface area contributed by atoms with Gasteiger partial charge in [-0.3, -0.25) is 9.69 Å². The Morgan fingerprint density at radius 3 is 2.15 bits per heavy atom. The van der Waals surface area contributed by atoms with Crippen LogP contribution in [0.5, 0.6) is 0 Å². The van der Waals surface area contributed by atoms with Gasteiger partial charge in [0.1, 0.15) is 5.82 Å². The largest absolute Gasteiger partial charge is 0.416 e. The van der Waals surface area contributed by atoms with E-state index in [0.29, 0.717) is 6.54 Å². The average molecular weight is 475 g/mol. The molecule has 3 fully saturated rings. The molecule has 3 nitrogen and oxygen atoms in total. The van der Waals surface area contributed by atoms with E-state index < -0.39 is 17.2 Å². The van der Waals surface area contributed by atoms with Crippen LogP contribution in [0.4, 0.5) is 17.6 Å². The van der Waals surface area contributed by atoms with Crippen LogP contribution in [0, 0.1) is 11.2 Å². The SMILES string of the molecule is O=C1NCC(c2ccc(F)cc2)C12CCN([C@@H]1CCCC[C@@H]1c1ccc(C(F)(F)F)cc1)CC2. The van der Waals surface area contributed by atoms with Crippen molar-refractivity contribution in [3.05, 3.63) is 71.0 Å². The molecule has 7 heteroatoms. The third-order valence-electron chi connectivity index (χ3n) is 8.41. The van der Waals surface area contributed by atoms with Gasteiger partial charge in [-0.05, 0) is 80.1 Å². The minimum atomic E-state index is -4.32. The fraction of sp³-hybridized carbons (Fsp3) is 0.519. The quantitative estimate of drug-likeness (QED) is 0.565. The van der Waals surface area contributed by atoms with Crippen molar-refractivity contribution in [2.24, 2.45) is 5.41 Å². The van der Waals surface area contributed by atoms with E-state index in [9.17, 15) is 22.4 Å². The van der Waals surface area contributed by atoms with Crippen LogP contribution < -0.4 is 5.32 Å². The van der Waals surface area contributed by atoms with E-state index in [1.54, 1.807) is 24.3 Å². The molecule has 3 atom stereocenters. The number of carbonyl (C=O) groups excluding carboxylic acids is 1. The van der Waals surface area contributed by atoms with E-state index in [2.05, 4.69) is 10.2 Å². The van der Waals surface area contributed by atoms with Crippen LogP contribution in [0.15, 0.2) is 48.5 Å². The molecule has 1 amide bonds. The van der Waals surface area contributed by atoms with Crippen molar-refractivity contribution in [2.75, 3.05) is 19.6 Å². The van der Waals surface area contributed by atoms with Gasteiger partial charge in [-0.1, -0.05) is 37.1 Å². The number of hydrogen-bond acceptors (Lipinski definition) is 2. The number of likely N-dealkylation sites (tertiary alicyclic amines) is 1. The van der Waals surface area contributed by atoms with Crippen LogP contribution in [0.2, 0.25) is 0 Å². The van der Waals surface area contributed by atoms with Gasteiger partial charge in [0, 0.05) is 18.5 Å². The predicted molar refractivity (Wildman–Crippen MR) is 122 cm³/mol. The summed E-state index contributed by atoms with van der Waals surface area (Å²) in [6.07, 6.45) is 1.32. The van der Waals surface area contributed by atoms with Gasteiger partial charge in [-0.2, -0.15) is 13.2 Å². The fourth-order valence-electron chi connectivity index (χ4n) is 6.54. The number of amides is 1. The predicted octanol–water partition coefficient (Wildman–Crippen LogP) is 5.87. The summed E-state index contributed by atoms with van der Waals surface area (Å²) in [5.74, 6) is 0.0381. The Kier molecular flexibility index (Phi) is 6.17. The third-order valence-corrected chi connectivity index (χ3v) is 8.41. The molecule has 2 heterocycles. The Morgan fingerprint density at radius 1 is 0.882 bits per heavy atom. The molecule has 5 rings (SSSR count). The normalized spacial score (nSPS) is 27.6. The van der Waals surface area contributed by atoms with E-state index in [0.717, 1.165) is 62.7 Å². The molecule has 2 aromatic carbocycles. The molecule has 182 valence electrons. The second-order valence-electron chi connectivity index (χ2n) is 10.1. The van der Waals surface area contributed by atoms with Gasteiger partial charge >= 0.3 is 6.18 Å². The number of hydrogen-bond donors (Lipinski definition) is 1. The molecule has 1 saturated carbocycles. The minimum absolute atomic E-state index is 0.0276. The maximum Gasteiger partial charge on any atom is 0.416 e. The topological polar surface area (TPSA) is 32.3 Å². The van der Waals surface area contributed by atoms with E-state index in [1.165, 1.54) is 24.3 Å². The molecule has 1 spiro atoms. The first-order valence-corrected chi connectivity index (χ1v) is 12.2. The smallest absolute Gasteiger partial charge is 0.355 e. The zero-order chi connectivity index (χ0) is 23.9. The van der Waals surface area contributed by atoms with Crippen molar-refractivity contribution >= 4 is 5.91 Å². The summed E-state index contributed by atoms with van der Waals surface area (Å²) in [5.41, 5.74) is 0.879. The molecular formula is C27H30F4N2O. The number of rotatable bonds is 3. The van der Waals surface area contributed by atoms with Gasteiger partial charge in [0.05, 0.1) is 11.0 Å². The third kappa shape index (κ3) is 4.23. The Hall–Kier alpha value is -2.41. The van der Waals surface area contributed by atoms with Crippen LogP contribution in [0.1, 0.15) is 67.1 Å². The molecule has 1 N–H and O–H groups in total. The molecule has 1 aliphatic carbocycles. The molecule has 3 aliphatic rings. The molecule has 34 heavy (non-hydrogen) atoms. The summed E-state index contributed by atoms with van der Waals surface area (Å²) in [6.45, 7) is 2.14. The number of piperidine rings is 1. The van der Waals surface area contributed by atoms with Crippen molar-refractivity contribution in [2.45, 2.75) is 62.6 Å². The van der Waals surface area contributed by atoms with Crippen LogP contribution in [0.3, 0.4) is 0 Å². The van der Waals surface area contributed by atoms with Crippen LogP contribution in [-0.2, 0) is 11.0 Å². The monoisotopic (exact) mass is 474 g/mol. The number of carbonyl (C=O) groups is 1. The van der Waals surface area contributed by atoms with Gasteiger partial charge in [-0.15, -0.1) is 0 Å². The van der Waals surface area contributed by atoms with Crippen LogP contribution >= 0.6 is 0 Å². The molecular weight excluding hydrogens is 444 g/mol. The summed E-state index contributed by atoms with van der Waals surface area (Å²) in [5, 5.41) is 3.05. The van der Waals surface area contributed by atoms with Gasteiger partial charge in [0.25, 0.3) is 0 Å². The Balaban J connectivity index is 1.32. The van der Waals surface area contributed by atoms with Crippen molar-refractivity contribution in [1.29, 1.82) is 0 Å². The van der Waals surface area contributed by atoms with E-state index in [4.69, 9.17) is 0 Å². The zero-order valence-corrected chi connectivity index (χ0v) is 19.1. The number of nitrogens with one attached hydrogen (secondary N) is 1. The molecule has 2 aromatic rings. The zero-order valence-electron chi connectivity index (χ0n) is 19.1. The first kappa shape index (κ1) is 23.3. The van der Waals surface area contributed by atoms with Crippen molar-refractivity contribution in [3.8, 4) is 0 Å². The van der Waals surface area contributed by atoms with Gasteiger partial charge in [-0.25, -0.2) is 4.39 Å². The van der Waals surface area contributed by atoms with Crippen molar-refractivity contribution in [3.63, 3.8) is 0 Å². The number of halogens is 4. The second-order valence-corrected chi connectivity index (χ2v) is 10.1. The highest BCUT2D eigenvalue weighted by Gasteiger charge is 2.52. The molecule has 2 saturated heterocycles. The lowest BCUT2D eigenvalue weighted by Gasteiger charge is -2.47. The first-order chi connectivity index (χ1) is 16.3. The highest BCUT2D eigenvalue weighted by atomic mass is 19.4. The molecule has 0 aromatic heterocycles. The highest BCUT2D eigenvalue weighted by molar-refractivity contribution is 5.86. The number of nitrogens with zero attached hydrogens (tertiary/aromatic N) is 1. The van der Waals surface area contributed by atoms with E-state index in [-0.39, 0.29) is 29.6 Å². The lowest BCUT2D eigenvalue weighted by Crippen LogP contribution is -2.51. The second kappa shape index (κ2) is 8.99. The summed E-state index contributed by atoms with van der Waals surface area (Å²) < 4.78 is 52.5. The summed E-state index contributed by atoms with van der Waals surface area (Å²) in [7, 11) is 0. The van der Waals surface area contributed by atoms with Gasteiger partial charge < -0.3 is 5.32 Å². The Bertz CT molecular complexity index is 1010. The lowest BCUT2D eigenvalue weighted by molar-refractivity contribution is -0.137. The highest BCUT2D eigenvalue weighted by Crippen LogP contribution is 2.49. The van der Waals surface area contributed by atoms with Gasteiger partial charge in [0.15, 0.2) is 0 Å².